The molecule has 0 saturated carbocycles. The summed E-state index contributed by atoms with van der Waals surface area (Å²) in [6.07, 6.45) is 2.38. The fraction of sp³-hybridized carbons (Fsp3) is 0.625. The standard InChI is InChI=1S/C16H22F2N2O2/c1-21-14-3-2-11(8-15(14)22-16(17)18)9-20-7-5-13-12(10-20)4-6-19-13/h2-3,8,12-13,16,19H,4-7,9-10H2,1H3. The molecule has 2 aliphatic rings. The molecule has 1 aromatic carbocycles. The summed E-state index contributed by atoms with van der Waals surface area (Å²) in [5.74, 6) is 1.15. The van der Waals surface area contributed by atoms with Crippen molar-refractivity contribution in [2.75, 3.05) is 26.7 Å². The molecule has 2 heterocycles. The molecule has 1 aromatic rings. The molecule has 0 bridgehead atoms. The highest BCUT2D eigenvalue weighted by molar-refractivity contribution is 5.43. The molecule has 122 valence electrons. The van der Waals surface area contributed by atoms with Crippen molar-refractivity contribution in [2.24, 2.45) is 5.92 Å². The quantitative estimate of drug-likeness (QED) is 0.906. The normalized spacial score (nSPS) is 25.3. The zero-order valence-electron chi connectivity index (χ0n) is 12.7. The van der Waals surface area contributed by atoms with Gasteiger partial charge in [0.2, 0.25) is 0 Å². The minimum atomic E-state index is -2.84. The van der Waals surface area contributed by atoms with E-state index in [2.05, 4.69) is 15.0 Å². The highest BCUT2D eigenvalue weighted by Crippen LogP contribution is 2.31. The highest BCUT2D eigenvalue weighted by Gasteiger charge is 2.32. The van der Waals surface area contributed by atoms with Gasteiger partial charge >= 0.3 is 6.61 Å². The maximum atomic E-state index is 12.5. The van der Waals surface area contributed by atoms with Crippen molar-refractivity contribution in [2.45, 2.75) is 32.0 Å². The molecule has 2 fully saturated rings. The number of halogens is 2. The Balaban J connectivity index is 1.66. The van der Waals surface area contributed by atoms with Crippen LogP contribution in [0.3, 0.4) is 0 Å². The van der Waals surface area contributed by atoms with Gasteiger partial charge < -0.3 is 14.8 Å². The maximum Gasteiger partial charge on any atom is 0.387 e. The number of likely N-dealkylation sites (tertiary alicyclic amines) is 1. The summed E-state index contributed by atoms with van der Waals surface area (Å²) in [7, 11) is 1.45. The first-order chi connectivity index (χ1) is 10.7. The van der Waals surface area contributed by atoms with Gasteiger partial charge in [-0.3, -0.25) is 4.90 Å². The molecule has 0 amide bonds. The average molecular weight is 312 g/mol. The third kappa shape index (κ3) is 3.50. The van der Waals surface area contributed by atoms with Crippen LogP contribution in [0.2, 0.25) is 0 Å². The molecule has 22 heavy (non-hydrogen) atoms. The van der Waals surface area contributed by atoms with Gasteiger partial charge in [-0.25, -0.2) is 0 Å². The summed E-state index contributed by atoms with van der Waals surface area (Å²) < 4.78 is 34.6. The van der Waals surface area contributed by atoms with Crippen molar-refractivity contribution in [1.82, 2.24) is 10.2 Å². The van der Waals surface area contributed by atoms with E-state index in [9.17, 15) is 8.78 Å². The lowest BCUT2D eigenvalue weighted by Crippen LogP contribution is -2.43. The minimum absolute atomic E-state index is 0.104. The zero-order chi connectivity index (χ0) is 15.5. The van der Waals surface area contributed by atoms with E-state index in [0.717, 1.165) is 38.2 Å². The van der Waals surface area contributed by atoms with Gasteiger partial charge in [-0.1, -0.05) is 6.07 Å². The lowest BCUT2D eigenvalue weighted by molar-refractivity contribution is -0.0512. The van der Waals surface area contributed by atoms with Crippen molar-refractivity contribution in [3.05, 3.63) is 23.8 Å². The largest absolute Gasteiger partial charge is 0.493 e. The second-order valence-corrected chi connectivity index (χ2v) is 6.00. The van der Waals surface area contributed by atoms with E-state index in [4.69, 9.17) is 4.74 Å². The molecule has 0 radical (unpaired) electrons. The zero-order valence-corrected chi connectivity index (χ0v) is 12.7. The van der Waals surface area contributed by atoms with Crippen molar-refractivity contribution < 1.29 is 18.3 Å². The van der Waals surface area contributed by atoms with Gasteiger partial charge in [0.1, 0.15) is 0 Å². The van der Waals surface area contributed by atoms with Crippen LogP contribution in [-0.2, 0) is 6.54 Å². The van der Waals surface area contributed by atoms with E-state index < -0.39 is 6.61 Å². The van der Waals surface area contributed by atoms with Crippen LogP contribution in [0.15, 0.2) is 18.2 Å². The Labute approximate surface area is 129 Å². The number of nitrogens with one attached hydrogen (secondary N) is 1. The van der Waals surface area contributed by atoms with Gasteiger partial charge in [0.05, 0.1) is 7.11 Å². The Kier molecular flexibility index (Phi) is 4.78. The molecule has 6 heteroatoms. The molecule has 1 N–H and O–H groups in total. The summed E-state index contributed by atoms with van der Waals surface area (Å²) in [4.78, 5) is 2.39. The molecule has 0 aromatic heterocycles. The van der Waals surface area contributed by atoms with Gasteiger partial charge in [-0.05, 0) is 49.5 Å². The second kappa shape index (κ2) is 6.79. The van der Waals surface area contributed by atoms with Crippen LogP contribution in [0.4, 0.5) is 8.78 Å². The number of hydrogen-bond donors (Lipinski definition) is 1. The number of nitrogens with zero attached hydrogens (tertiary/aromatic N) is 1. The van der Waals surface area contributed by atoms with Crippen LogP contribution >= 0.6 is 0 Å². The Morgan fingerprint density at radius 3 is 2.95 bits per heavy atom. The first kappa shape index (κ1) is 15.5. The van der Waals surface area contributed by atoms with Gasteiger partial charge in [0, 0.05) is 19.1 Å². The third-order valence-electron chi connectivity index (χ3n) is 4.59. The number of benzene rings is 1. The third-order valence-corrected chi connectivity index (χ3v) is 4.59. The van der Waals surface area contributed by atoms with E-state index in [-0.39, 0.29) is 5.75 Å². The molecule has 0 spiro atoms. The fourth-order valence-electron chi connectivity index (χ4n) is 3.53. The molecular formula is C16H22F2N2O2. The summed E-state index contributed by atoms with van der Waals surface area (Å²) >= 11 is 0. The smallest absolute Gasteiger partial charge is 0.387 e. The molecule has 2 unspecified atom stereocenters. The van der Waals surface area contributed by atoms with E-state index in [1.807, 2.05) is 6.07 Å². The predicted octanol–water partition coefficient (Wildman–Crippen LogP) is 2.48. The summed E-state index contributed by atoms with van der Waals surface area (Å²) in [6, 6.07) is 5.92. The van der Waals surface area contributed by atoms with Crippen molar-refractivity contribution in [3.8, 4) is 11.5 Å². The summed E-state index contributed by atoms with van der Waals surface area (Å²) in [5.41, 5.74) is 0.973. The maximum absolute atomic E-state index is 12.5. The molecule has 4 nitrogen and oxygen atoms in total. The van der Waals surface area contributed by atoms with Crippen LogP contribution in [-0.4, -0.2) is 44.3 Å². The first-order valence-corrected chi connectivity index (χ1v) is 7.73. The predicted molar refractivity (Wildman–Crippen MR) is 79.4 cm³/mol. The van der Waals surface area contributed by atoms with Crippen molar-refractivity contribution in [3.63, 3.8) is 0 Å². The number of hydrogen-bond acceptors (Lipinski definition) is 4. The number of rotatable bonds is 5. The number of alkyl halides is 2. The number of methoxy groups -OCH3 is 1. The second-order valence-electron chi connectivity index (χ2n) is 6.00. The van der Waals surface area contributed by atoms with Crippen LogP contribution < -0.4 is 14.8 Å². The molecule has 0 aliphatic carbocycles. The molecule has 3 rings (SSSR count). The lowest BCUT2D eigenvalue weighted by Gasteiger charge is -2.34. The molecular weight excluding hydrogens is 290 g/mol. The Morgan fingerprint density at radius 2 is 2.18 bits per heavy atom. The van der Waals surface area contributed by atoms with Crippen LogP contribution in [0.5, 0.6) is 11.5 Å². The Hall–Kier alpha value is -1.40. The Morgan fingerprint density at radius 1 is 1.32 bits per heavy atom. The minimum Gasteiger partial charge on any atom is -0.493 e. The van der Waals surface area contributed by atoms with Gasteiger partial charge in [0.15, 0.2) is 11.5 Å². The summed E-state index contributed by atoms with van der Waals surface area (Å²) in [6.45, 7) is 1.12. The SMILES string of the molecule is COc1ccc(CN2CCC3NCCC3C2)cc1OC(F)F. The monoisotopic (exact) mass is 312 g/mol. The number of ether oxygens (including phenoxy) is 2. The van der Waals surface area contributed by atoms with E-state index in [1.165, 1.54) is 13.5 Å². The van der Waals surface area contributed by atoms with Crippen molar-refractivity contribution in [1.29, 1.82) is 0 Å². The van der Waals surface area contributed by atoms with E-state index >= 15 is 0 Å². The number of piperidine rings is 1. The average Bonchev–Trinajstić information content (AvgIpc) is 2.94. The van der Waals surface area contributed by atoms with E-state index in [1.54, 1.807) is 12.1 Å². The van der Waals surface area contributed by atoms with Gasteiger partial charge in [-0.15, -0.1) is 0 Å². The van der Waals surface area contributed by atoms with Crippen LogP contribution in [0.25, 0.3) is 0 Å². The van der Waals surface area contributed by atoms with Crippen molar-refractivity contribution >= 4 is 0 Å². The molecule has 2 saturated heterocycles. The molecule has 2 atom stereocenters. The number of fused-ring (bicyclic) bond motifs is 1. The van der Waals surface area contributed by atoms with Crippen LogP contribution in [0, 0.1) is 5.92 Å². The van der Waals surface area contributed by atoms with Gasteiger partial charge in [0.25, 0.3) is 0 Å². The van der Waals surface area contributed by atoms with E-state index in [0.29, 0.717) is 17.7 Å². The first-order valence-electron chi connectivity index (χ1n) is 7.73. The molecule has 2 aliphatic heterocycles. The van der Waals surface area contributed by atoms with Crippen LogP contribution in [0.1, 0.15) is 18.4 Å². The summed E-state index contributed by atoms with van der Waals surface area (Å²) in [5, 5.41) is 3.54. The fourth-order valence-corrected chi connectivity index (χ4v) is 3.53. The highest BCUT2D eigenvalue weighted by atomic mass is 19.3. The topological polar surface area (TPSA) is 33.7 Å². The Bertz CT molecular complexity index is 513. The lowest BCUT2D eigenvalue weighted by atomic mass is 9.93. The van der Waals surface area contributed by atoms with Gasteiger partial charge in [-0.2, -0.15) is 8.78 Å².